The van der Waals surface area contributed by atoms with Gasteiger partial charge in [0.25, 0.3) is 0 Å². The number of anilines is 2. The van der Waals surface area contributed by atoms with Crippen LogP contribution in [0, 0.1) is 10.8 Å². The van der Waals surface area contributed by atoms with Gasteiger partial charge in [-0.25, -0.2) is 4.79 Å². The van der Waals surface area contributed by atoms with Gasteiger partial charge in [-0.1, -0.05) is 32.4 Å². The van der Waals surface area contributed by atoms with E-state index in [-0.39, 0.29) is 17.9 Å². The van der Waals surface area contributed by atoms with Crippen molar-refractivity contribution >= 4 is 40.4 Å². The van der Waals surface area contributed by atoms with E-state index in [4.69, 9.17) is 16.3 Å². The molecule has 2 unspecified atom stereocenters. The summed E-state index contributed by atoms with van der Waals surface area (Å²) in [5.74, 6) is 0.564. The van der Waals surface area contributed by atoms with E-state index in [0.717, 1.165) is 0 Å². The molecular weight excluding hydrogens is 462 g/mol. The van der Waals surface area contributed by atoms with Gasteiger partial charge >= 0.3 is 6.09 Å². The average molecular weight is 492 g/mol. The van der Waals surface area contributed by atoms with Crippen molar-refractivity contribution in [2.45, 2.75) is 46.3 Å². The van der Waals surface area contributed by atoms with Crippen molar-refractivity contribution in [3.05, 3.63) is 23.6 Å². The van der Waals surface area contributed by atoms with Crippen LogP contribution < -0.4 is 10.1 Å². The number of aliphatic hydroxyl groups is 1. The summed E-state index contributed by atoms with van der Waals surface area (Å²) in [5.41, 5.74) is 0.149. The van der Waals surface area contributed by atoms with Crippen LogP contribution in [0.5, 0.6) is 5.88 Å². The third-order valence-electron chi connectivity index (χ3n) is 6.77. The van der Waals surface area contributed by atoms with E-state index in [0.29, 0.717) is 40.7 Å². The Labute approximate surface area is 202 Å². The molecule has 4 N–H and O–H groups in total. The number of carbonyl (C=O) groups is 1. The summed E-state index contributed by atoms with van der Waals surface area (Å²) < 4.78 is 7.97. The summed E-state index contributed by atoms with van der Waals surface area (Å²) >= 11 is 6.41. The van der Waals surface area contributed by atoms with Crippen LogP contribution in [0.1, 0.15) is 34.1 Å². The predicted molar refractivity (Wildman–Crippen MR) is 128 cm³/mol. The fraction of sp³-hybridized carbons (Fsp3) is 0.545. The van der Waals surface area contributed by atoms with Crippen LogP contribution in [0.25, 0.3) is 11.0 Å². The molecule has 0 radical (unpaired) electrons. The standard InChI is InChI=1S/C22H30ClN7O4/c1-12(31)16-22(21(2,3)4,6-7-30(16)20(32)33)11-34-18-15-14(23)9-24-17(15)27-19(28-18)26-13-8-25-29(5)10-13/h8-10,12,16,31H,6-7,11H2,1-5H3,(H,32,33)(H2,24,26,27,28)/t12-,16?,22?/m0/s1. The summed E-state index contributed by atoms with van der Waals surface area (Å²) in [6.07, 6.45) is 3.65. The van der Waals surface area contributed by atoms with Crippen molar-refractivity contribution in [3.63, 3.8) is 0 Å². The molecule has 12 heteroatoms. The Morgan fingerprint density at radius 2 is 2.18 bits per heavy atom. The Morgan fingerprint density at radius 1 is 1.44 bits per heavy atom. The molecule has 1 aliphatic heterocycles. The van der Waals surface area contributed by atoms with Crippen molar-refractivity contribution in [3.8, 4) is 5.88 Å². The average Bonchev–Trinajstić information content (AvgIpc) is 3.43. The molecule has 1 saturated heterocycles. The molecule has 11 nitrogen and oxygen atoms in total. The summed E-state index contributed by atoms with van der Waals surface area (Å²) in [4.78, 5) is 25.3. The van der Waals surface area contributed by atoms with Crippen LogP contribution in [-0.2, 0) is 7.05 Å². The van der Waals surface area contributed by atoms with Gasteiger partial charge in [0.1, 0.15) is 5.65 Å². The summed E-state index contributed by atoms with van der Waals surface area (Å²) in [6, 6.07) is -0.642. The Balaban J connectivity index is 1.72. The zero-order valence-corrected chi connectivity index (χ0v) is 20.6. The molecule has 4 rings (SSSR count). The van der Waals surface area contributed by atoms with E-state index in [9.17, 15) is 15.0 Å². The van der Waals surface area contributed by atoms with E-state index in [1.54, 1.807) is 37.2 Å². The number of rotatable bonds is 6. The molecule has 1 amide bonds. The van der Waals surface area contributed by atoms with Gasteiger partial charge < -0.3 is 30.2 Å². The van der Waals surface area contributed by atoms with E-state index < -0.39 is 23.7 Å². The zero-order chi connectivity index (χ0) is 24.8. The number of aliphatic hydroxyl groups excluding tert-OH is 1. The first-order valence-corrected chi connectivity index (χ1v) is 11.4. The monoisotopic (exact) mass is 491 g/mol. The molecule has 0 aromatic carbocycles. The van der Waals surface area contributed by atoms with Crippen LogP contribution in [0.15, 0.2) is 18.6 Å². The van der Waals surface area contributed by atoms with Gasteiger partial charge in [-0.2, -0.15) is 15.1 Å². The van der Waals surface area contributed by atoms with E-state index in [2.05, 4.69) is 25.4 Å². The number of ether oxygens (including phenoxy) is 1. The molecule has 4 heterocycles. The molecule has 3 aromatic heterocycles. The Bertz CT molecular complexity index is 1200. The fourth-order valence-electron chi connectivity index (χ4n) is 4.97. The molecule has 34 heavy (non-hydrogen) atoms. The van der Waals surface area contributed by atoms with Gasteiger partial charge in [-0.3, -0.25) is 4.68 Å². The highest BCUT2D eigenvalue weighted by molar-refractivity contribution is 6.35. The van der Waals surface area contributed by atoms with Crippen molar-refractivity contribution in [1.29, 1.82) is 0 Å². The number of carboxylic acid groups (broad SMARTS) is 1. The minimum absolute atomic E-state index is 0.135. The lowest BCUT2D eigenvalue weighted by Gasteiger charge is -2.47. The molecule has 3 atom stereocenters. The molecule has 0 aliphatic carbocycles. The highest BCUT2D eigenvalue weighted by Crippen LogP contribution is 2.52. The second kappa shape index (κ2) is 8.62. The quantitative estimate of drug-likeness (QED) is 0.409. The highest BCUT2D eigenvalue weighted by Gasteiger charge is 2.58. The van der Waals surface area contributed by atoms with Gasteiger partial charge in [0.05, 0.1) is 41.0 Å². The van der Waals surface area contributed by atoms with Crippen molar-refractivity contribution in [2.24, 2.45) is 17.9 Å². The number of likely N-dealkylation sites (tertiary alicyclic amines) is 1. The molecule has 0 bridgehead atoms. The van der Waals surface area contributed by atoms with Gasteiger partial charge in [-0.05, 0) is 18.8 Å². The molecule has 0 spiro atoms. The van der Waals surface area contributed by atoms with Gasteiger partial charge in [0.2, 0.25) is 11.8 Å². The first kappa shape index (κ1) is 24.1. The maximum Gasteiger partial charge on any atom is 0.407 e. The van der Waals surface area contributed by atoms with Crippen LogP contribution in [0.4, 0.5) is 16.4 Å². The number of H-pyrrole nitrogens is 1. The smallest absolute Gasteiger partial charge is 0.407 e. The highest BCUT2D eigenvalue weighted by atomic mass is 35.5. The number of hydrogen-bond donors (Lipinski definition) is 4. The lowest BCUT2D eigenvalue weighted by atomic mass is 9.61. The molecule has 1 fully saturated rings. The molecule has 1 aliphatic rings. The minimum atomic E-state index is -1.06. The number of nitrogens with zero attached hydrogens (tertiary/aromatic N) is 5. The largest absolute Gasteiger partial charge is 0.476 e. The number of fused-ring (bicyclic) bond motifs is 1. The second-order valence-corrected chi connectivity index (χ2v) is 10.3. The van der Waals surface area contributed by atoms with Crippen LogP contribution in [0.3, 0.4) is 0 Å². The number of aromatic amines is 1. The first-order chi connectivity index (χ1) is 15.9. The van der Waals surface area contributed by atoms with Gasteiger partial charge in [-0.15, -0.1) is 0 Å². The Kier molecular flexibility index (Phi) is 6.11. The number of nitrogens with one attached hydrogen (secondary N) is 2. The number of amides is 1. The van der Waals surface area contributed by atoms with Crippen molar-refractivity contribution < 1.29 is 19.7 Å². The summed E-state index contributed by atoms with van der Waals surface area (Å²) in [5, 5.41) is 28.6. The lowest BCUT2D eigenvalue weighted by molar-refractivity contribution is -0.0511. The zero-order valence-electron chi connectivity index (χ0n) is 19.8. The number of halogens is 1. The van der Waals surface area contributed by atoms with E-state index in [1.807, 2.05) is 20.8 Å². The third kappa shape index (κ3) is 4.14. The second-order valence-electron chi connectivity index (χ2n) is 9.85. The molecule has 3 aromatic rings. The van der Waals surface area contributed by atoms with Crippen LogP contribution in [0.2, 0.25) is 5.02 Å². The number of aryl methyl sites for hydroxylation is 1. The molecule has 184 valence electrons. The minimum Gasteiger partial charge on any atom is -0.476 e. The van der Waals surface area contributed by atoms with Crippen LogP contribution in [-0.4, -0.2) is 71.2 Å². The van der Waals surface area contributed by atoms with Crippen molar-refractivity contribution in [2.75, 3.05) is 18.5 Å². The molecule has 0 saturated carbocycles. The van der Waals surface area contributed by atoms with E-state index in [1.165, 1.54) is 4.90 Å². The predicted octanol–water partition coefficient (Wildman–Crippen LogP) is 3.63. The summed E-state index contributed by atoms with van der Waals surface area (Å²) in [7, 11) is 1.81. The van der Waals surface area contributed by atoms with Crippen LogP contribution >= 0.6 is 11.6 Å². The fourth-order valence-corrected chi connectivity index (χ4v) is 5.20. The SMILES string of the molecule is C[C@H](O)C1N(C(=O)O)CCC1(COc1nc(Nc2cnn(C)c2)nc2[nH]cc(Cl)c12)C(C)(C)C. The maximum atomic E-state index is 11.9. The Hall–Kier alpha value is -3.05. The van der Waals surface area contributed by atoms with Gasteiger partial charge in [0, 0.05) is 31.4 Å². The van der Waals surface area contributed by atoms with Crippen molar-refractivity contribution in [1.82, 2.24) is 29.6 Å². The van der Waals surface area contributed by atoms with Gasteiger partial charge in [0.15, 0.2) is 0 Å². The third-order valence-corrected chi connectivity index (χ3v) is 7.07. The Morgan fingerprint density at radius 3 is 2.76 bits per heavy atom. The lowest BCUT2D eigenvalue weighted by Crippen LogP contribution is -2.56. The topological polar surface area (TPSA) is 141 Å². The number of hydrogen-bond acceptors (Lipinski definition) is 7. The summed E-state index contributed by atoms with van der Waals surface area (Å²) in [6.45, 7) is 8.16. The maximum absolute atomic E-state index is 11.9. The molecular formula is C22H30ClN7O4. The normalized spacial score (nSPS) is 21.7. The first-order valence-electron chi connectivity index (χ1n) is 11.0. The number of aromatic nitrogens is 5. The van der Waals surface area contributed by atoms with E-state index >= 15 is 0 Å².